The summed E-state index contributed by atoms with van der Waals surface area (Å²) in [6.45, 7) is 13.3. The van der Waals surface area contributed by atoms with E-state index in [1.807, 2.05) is 0 Å². The van der Waals surface area contributed by atoms with Crippen LogP contribution in [0.3, 0.4) is 0 Å². The van der Waals surface area contributed by atoms with Crippen LogP contribution in [-0.2, 0) is 10.8 Å². The first-order chi connectivity index (χ1) is 42.3. The molecular formula is C78H124F2N4O2. The Kier molecular flexibility index (Phi) is 31.5. The Morgan fingerprint density at radius 2 is 0.477 bits per heavy atom. The minimum atomic E-state index is -0.748. The predicted octanol–water partition coefficient (Wildman–Crippen LogP) is 26.6. The molecule has 0 saturated carbocycles. The van der Waals surface area contributed by atoms with Gasteiger partial charge in [-0.05, 0) is 82.4 Å². The number of unbranched alkanes of at least 4 members (excludes halogenated alkanes) is 44. The summed E-state index contributed by atoms with van der Waals surface area (Å²) in [6.07, 6.45) is 63.3. The lowest BCUT2D eigenvalue weighted by molar-refractivity contribution is 0.315. The Bertz CT molecular complexity index is 2450. The standard InChI is InChI=1S/C78H124F2N4O2/c1-7-11-15-19-23-27-31-35-39-43-47-51-55-77(56-52-48-44-40-36-32-28-24-20-16-12-8-2)63-59-61(5)73-75(83-85-81-73)65(63)67-69(77)71(79)68-66-64(60-62(6)74-76(66)84-86-82-74)78(70(68)72(67)80,57-53-49-45-41-37-33-29-25-21-17-13-9-3)58-54-50-46-42-38-34-30-26-22-18-14-10-4/h59-60H,7-58H2,1-6H3. The molecule has 2 heterocycles. The third-order valence-electron chi connectivity index (χ3n) is 21.2. The van der Waals surface area contributed by atoms with E-state index in [0.717, 1.165) is 110 Å². The van der Waals surface area contributed by atoms with Crippen molar-refractivity contribution in [2.45, 2.75) is 386 Å². The monoisotopic (exact) mass is 1190 g/mol. The summed E-state index contributed by atoms with van der Waals surface area (Å²) in [4.78, 5) is 0. The third kappa shape index (κ3) is 18.7. The molecule has 2 aliphatic carbocycles. The third-order valence-corrected chi connectivity index (χ3v) is 21.2. The molecule has 0 fully saturated rings. The molecule has 5 aromatic rings. The number of aromatic nitrogens is 4. The minimum Gasteiger partial charge on any atom is -0.243 e. The lowest BCUT2D eigenvalue weighted by Crippen LogP contribution is -2.29. The molecule has 6 nitrogen and oxygen atoms in total. The molecule has 0 aliphatic heterocycles. The fourth-order valence-electron chi connectivity index (χ4n) is 16.1. The van der Waals surface area contributed by atoms with Gasteiger partial charge < -0.3 is 0 Å². The fourth-order valence-corrected chi connectivity index (χ4v) is 16.1. The second-order valence-corrected chi connectivity index (χ2v) is 28.0. The molecule has 0 atom stereocenters. The summed E-state index contributed by atoms with van der Waals surface area (Å²) >= 11 is 0. The molecule has 0 amide bonds. The van der Waals surface area contributed by atoms with Gasteiger partial charge in [-0.2, -0.15) is 0 Å². The Hall–Kier alpha value is -3.68. The quantitative estimate of drug-likeness (QED) is 0.0361. The highest BCUT2D eigenvalue weighted by Crippen LogP contribution is 2.65. The van der Waals surface area contributed by atoms with Crippen molar-refractivity contribution < 1.29 is 18.0 Å². The van der Waals surface area contributed by atoms with Gasteiger partial charge in [-0.15, -0.1) is 0 Å². The Labute approximate surface area is 523 Å². The lowest BCUT2D eigenvalue weighted by Gasteiger charge is -2.35. The number of hydrogen-bond donors (Lipinski definition) is 0. The van der Waals surface area contributed by atoms with Gasteiger partial charge in [0.05, 0.1) is 0 Å². The second kappa shape index (κ2) is 38.8. The van der Waals surface area contributed by atoms with Crippen molar-refractivity contribution in [1.29, 1.82) is 0 Å². The van der Waals surface area contributed by atoms with Crippen molar-refractivity contribution in [3.63, 3.8) is 0 Å². The van der Waals surface area contributed by atoms with Gasteiger partial charge in [-0.25, -0.2) is 18.0 Å². The average Bonchev–Trinajstić information content (AvgIpc) is 1.52. The van der Waals surface area contributed by atoms with Crippen molar-refractivity contribution in [2.24, 2.45) is 0 Å². The molecule has 0 unspecified atom stereocenters. The van der Waals surface area contributed by atoms with Crippen LogP contribution in [0.1, 0.15) is 395 Å². The van der Waals surface area contributed by atoms with Crippen molar-refractivity contribution in [2.75, 3.05) is 0 Å². The van der Waals surface area contributed by atoms with E-state index >= 15 is 8.78 Å². The van der Waals surface area contributed by atoms with Crippen LogP contribution in [-0.4, -0.2) is 20.6 Å². The van der Waals surface area contributed by atoms with E-state index in [-0.39, 0.29) is 11.6 Å². The number of hydrogen-bond acceptors (Lipinski definition) is 6. The maximum absolute atomic E-state index is 19.8. The summed E-state index contributed by atoms with van der Waals surface area (Å²) in [5.74, 6) is -0.512. The van der Waals surface area contributed by atoms with E-state index in [0.29, 0.717) is 44.3 Å². The molecule has 0 radical (unpaired) electrons. The molecule has 3 aromatic carbocycles. The van der Waals surface area contributed by atoms with Crippen LogP contribution in [0, 0.1) is 25.5 Å². The van der Waals surface area contributed by atoms with Crippen molar-refractivity contribution >= 4 is 22.1 Å². The van der Waals surface area contributed by atoms with Gasteiger partial charge in [0, 0.05) is 44.2 Å². The number of aryl methyl sites for hydroxylation is 2. The molecule has 2 aromatic heterocycles. The Morgan fingerprint density at radius 3 is 0.698 bits per heavy atom. The number of benzene rings is 3. The number of fused-ring (bicyclic) bond motifs is 10. The van der Waals surface area contributed by atoms with E-state index < -0.39 is 10.8 Å². The van der Waals surface area contributed by atoms with Crippen LogP contribution in [0.15, 0.2) is 21.4 Å². The molecule has 8 heteroatoms. The van der Waals surface area contributed by atoms with Crippen molar-refractivity contribution in [3.8, 4) is 22.3 Å². The largest absolute Gasteiger partial charge is 0.243 e. The van der Waals surface area contributed by atoms with Crippen molar-refractivity contribution in [3.05, 3.63) is 57.1 Å². The summed E-state index contributed by atoms with van der Waals surface area (Å²) in [5, 5.41) is 18.3. The maximum Gasteiger partial charge on any atom is 0.143 e. The summed E-state index contributed by atoms with van der Waals surface area (Å²) in [5.41, 5.74) is 8.35. The van der Waals surface area contributed by atoms with E-state index in [4.69, 9.17) is 9.26 Å². The maximum atomic E-state index is 19.8. The number of nitrogens with zero attached hydrogens (tertiary/aromatic N) is 4. The molecule has 0 N–H and O–H groups in total. The van der Waals surface area contributed by atoms with E-state index in [2.05, 4.69) is 74.3 Å². The molecule has 482 valence electrons. The highest BCUT2D eigenvalue weighted by atomic mass is 19.1. The van der Waals surface area contributed by atoms with Gasteiger partial charge in [0.2, 0.25) is 0 Å². The van der Waals surface area contributed by atoms with E-state index in [1.165, 1.54) is 257 Å². The van der Waals surface area contributed by atoms with Crippen LogP contribution in [0.5, 0.6) is 0 Å². The molecule has 86 heavy (non-hydrogen) atoms. The van der Waals surface area contributed by atoms with Gasteiger partial charge in [0.1, 0.15) is 33.7 Å². The van der Waals surface area contributed by atoms with Gasteiger partial charge >= 0.3 is 0 Å². The zero-order valence-electron chi connectivity index (χ0n) is 56.3. The summed E-state index contributed by atoms with van der Waals surface area (Å²) in [7, 11) is 0. The highest BCUT2D eigenvalue weighted by Gasteiger charge is 2.55. The second-order valence-electron chi connectivity index (χ2n) is 28.0. The van der Waals surface area contributed by atoms with Crippen LogP contribution < -0.4 is 0 Å². The zero-order chi connectivity index (χ0) is 60.7. The molecule has 2 aliphatic rings. The molecule has 0 spiro atoms. The molecule has 7 rings (SSSR count). The predicted molar refractivity (Wildman–Crippen MR) is 362 cm³/mol. The number of rotatable bonds is 52. The summed E-state index contributed by atoms with van der Waals surface area (Å²) in [6, 6.07) is 4.49. The van der Waals surface area contributed by atoms with Crippen molar-refractivity contribution in [1.82, 2.24) is 20.6 Å². The lowest BCUT2D eigenvalue weighted by atomic mass is 9.68. The normalized spacial score (nSPS) is 13.9. The van der Waals surface area contributed by atoms with Crippen LogP contribution in [0.25, 0.3) is 44.3 Å². The van der Waals surface area contributed by atoms with Gasteiger partial charge in [-0.3, -0.25) is 0 Å². The van der Waals surface area contributed by atoms with Gasteiger partial charge in [0.15, 0.2) is 0 Å². The Balaban J connectivity index is 1.24. The first kappa shape index (κ1) is 69.8. The minimum absolute atomic E-state index is 0.256. The van der Waals surface area contributed by atoms with Gasteiger partial charge in [0.25, 0.3) is 0 Å². The molecule has 0 bridgehead atoms. The van der Waals surface area contributed by atoms with Crippen LogP contribution in [0.2, 0.25) is 0 Å². The SMILES string of the molecule is CCCCCCCCCCCCCCC1(CCCCCCCCCCCCCC)c2cc(C)c3nonc3c2-c2c(F)c3c(c(F)c21)-c1c(cc(C)c2nonc12)C3(CCCCCCCCCCCCCC)CCCCCCCCCCCCCC. The van der Waals surface area contributed by atoms with Crippen LogP contribution in [0.4, 0.5) is 8.78 Å². The van der Waals surface area contributed by atoms with Crippen LogP contribution >= 0.6 is 0 Å². The molecular weight excluding hydrogens is 1060 g/mol. The zero-order valence-corrected chi connectivity index (χ0v) is 56.3. The van der Waals surface area contributed by atoms with E-state index in [9.17, 15) is 0 Å². The fraction of sp³-hybridized carbons (Fsp3) is 0.769. The number of halogens is 2. The van der Waals surface area contributed by atoms with E-state index in [1.54, 1.807) is 0 Å². The Morgan fingerprint density at radius 1 is 0.279 bits per heavy atom. The summed E-state index contributed by atoms with van der Waals surface area (Å²) < 4.78 is 50.9. The van der Waals surface area contributed by atoms with Gasteiger partial charge in [-0.1, -0.05) is 348 Å². The first-order valence-corrected chi connectivity index (χ1v) is 37.4. The average molecular weight is 1190 g/mol. The smallest absolute Gasteiger partial charge is 0.143 e. The topological polar surface area (TPSA) is 77.8 Å². The highest BCUT2D eigenvalue weighted by molar-refractivity contribution is 6.05. The molecule has 0 saturated heterocycles. The first-order valence-electron chi connectivity index (χ1n) is 37.4.